The highest BCUT2D eigenvalue weighted by Gasteiger charge is 2.25. The molecule has 0 spiro atoms. The smallest absolute Gasteiger partial charge is 0.0594 e. The molecule has 0 N–H and O–H groups in total. The molecule has 0 aromatic rings. The second-order valence-corrected chi connectivity index (χ2v) is 4.45. The van der Waals surface area contributed by atoms with Gasteiger partial charge in [-0.25, -0.2) is 0 Å². The zero-order chi connectivity index (χ0) is 9.80. The minimum Gasteiger partial charge on any atom is -0.379 e. The van der Waals surface area contributed by atoms with Crippen LogP contribution in [0.4, 0.5) is 0 Å². The second-order valence-electron chi connectivity index (χ2n) is 4.45. The number of morpholine rings is 1. The molecule has 2 rings (SSSR count). The molecule has 2 nitrogen and oxygen atoms in total. The van der Waals surface area contributed by atoms with Gasteiger partial charge in [-0.05, 0) is 31.6 Å². The first-order valence-corrected chi connectivity index (χ1v) is 5.84. The van der Waals surface area contributed by atoms with E-state index in [9.17, 15) is 0 Å². The Morgan fingerprint density at radius 3 is 2.29 bits per heavy atom. The van der Waals surface area contributed by atoms with Gasteiger partial charge in [-0.1, -0.05) is 6.08 Å². The van der Waals surface area contributed by atoms with Crippen LogP contribution < -0.4 is 0 Å². The molecule has 0 aromatic heterocycles. The molecule has 1 aliphatic carbocycles. The van der Waals surface area contributed by atoms with Crippen LogP contribution in [0.15, 0.2) is 12.7 Å². The molecule has 80 valence electrons. The molecule has 1 aliphatic heterocycles. The highest BCUT2D eigenvalue weighted by atomic mass is 16.5. The topological polar surface area (TPSA) is 12.5 Å². The average Bonchev–Trinajstić information content (AvgIpc) is 2.30. The van der Waals surface area contributed by atoms with E-state index in [1.165, 1.54) is 25.7 Å². The second kappa shape index (κ2) is 4.94. The van der Waals surface area contributed by atoms with Gasteiger partial charge < -0.3 is 4.74 Å². The van der Waals surface area contributed by atoms with E-state index in [1.54, 1.807) is 0 Å². The predicted octanol–water partition coefficient (Wildman–Crippen LogP) is 2.06. The fraction of sp³-hybridized carbons (Fsp3) is 0.833. The van der Waals surface area contributed by atoms with Gasteiger partial charge in [0, 0.05) is 19.1 Å². The van der Waals surface area contributed by atoms with Crippen molar-refractivity contribution in [3.8, 4) is 0 Å². The first kappa shape index (κ1) is 10.2. The van der Waals surface area contributed by atoms with Crippen molar-refractivity contribution in [1.29, 1.82) is 0 Å². The Labute approximate surface area is 86.9 Å². The average molecular weight is 195 g/mol. The van der Waals surface area contributed by atoms with Crippen molar-refractivity contribution in [2.24, 2.45) is 5.92 Å². The van der Waals surface area contributed by atoms with Gasteiger partial charge in [0.15, 0.2) is 0 Å². The molecular weight excluding hydrogens is 174 g/mol. The maximum absolute atomic E-state index is 5.37. The maximum atomic E-state index is 5.37. The molecule has 0 radical (unpaired) electrons. The van der Waals surface area contributed by atoms with Crippen molar-refractivity contribution in [3.63, 3.8) is 0 Å². The van der Waals surface area contributed by atoms with Crippen molar-refractivity contribution in [2.75, 3.05) is 26.3 Å². The number of allylic oxidation sites excluding steroid dienone is 1. The van der Waals surface area contributed by atoms with Gasteiger partial charge >= 0.3 is 0 Å². The molecule has 1 heterocycles. The summed E-state index contributed by atoms with van der Waals surface area (Å²) in [5.74, 6) is 0.785. The van der Waals surface area contributed by atoms with Crippen LogP contribution in [0, 0.1) is 5.92 Å². The van der Waals surface area contributed by atoms with Crippen molar-refractivity contribution in [2.45, 2.75) is 31.7 Å². The van der Waals surface area contributed by atoms with Crippen LogP contribution in [-0.4, -0.2) is 37.2 Å². The van der Waals surface area contributed by atoms with Crippen LogP contribution in [0.1, 0.15) is 25.7 Å². The largest absolute Gasteiger partial charge is 0.379 e. The number of hydrogen-bond donors (Lipinski definition) is 0. The molecule has 2 aliphatic rings. The van der Waals surface area contributed by atoms with Crippen LogP contribution in [0.5, 0.6) is 0 Å². The van der Waals surface area contributed by atoms with Crippen LogP contribution in [0.25, 0.3) is 0 Å². The lowest BCUT2D eigenvalue weighted by molar-refractivity contribution is 0.00646. The zero-order valence-corrected chi connectivity index (χ0v) is 8.95. The Bertz CT molecular complexity index is 179. The van der Waals surface area contributed by atoms with E-state index in [-0.39, 0.29) is 0 Å². The summed E-state index contributed by atoms with van der Waals surface area (Å²) in [6.07, 6.45) is 7.53. The van der Waals surface area contributed by atoms with Gasteiger partial charge in [-0.2, -0.15) is 0 Å². The monoisotopic (exact) mass is 195 g/mol. The summed E-state index contributed by atoms with van der Waals surface area (Å²) in [4.78, 5) is 2.61. The van der Waals surface area contributed by atoms with Crippen molar-refractivity contribution in [3.05, 3.63) is 12.7 Å². The summed E-state index contributed by atoms with van der Waals surface area (Å²) < 4.78 is 5.37. The highest BCUT2D eigenvalue weighted by Crippen LogP contribution is 2.28. The number of nitrogens with zero attached hydrogens (tertiary/aromatic N) is 1. The zero-order valence-electron chi connectivity index (χ0n) is 8.95. The van der Waals surface area contributed by atoms with Gasteiger partial charge in [0.2, 0.25) is 0 Å². The Hall–Kier alpha value is -0.340. The third-order valence-corrected chi connectivity index (χ3v) is 3.64. The lowest BCUT2D eigenvalue weighted by Gasteiger charge is -2.38. The first-order chi connectivity index (χ1) is 6.90. The lowest BCUT2D eigenvalue weighted by Crippen LogP contribution is -2.44. The van der Waals surface area contributed by atoms with E-state index in [4.69, 9.17) is 4.74 Å². The number of ether oxygens (including phenoxy) is 1. The Morgan fingerprint density at radius 2 is 1.71 bits per heavy atom. The minimum absolute atomic E-state index is 0.785. The molecule has 2 heteroatoms. The molecule has 0 bridgehead atoms. The molecule has 0 unspecified atom stereocenters. The molecule has 1 saturated heterocycles. The SMILES string of the molecule is C=CC1CCC(N2CCOCC2)CC1. The van der Waals surface area contributed by atoms with Gasteiger partial charge in [-0.15, -0.1) is 6.58 Å². The fourth-order valence-electron chi connectivity index (χ4n) is 2.65. The third-order valence-electron chi connectivity index (χ3n) is 3.64. The molecule has 1 saturated carbocycles. The predicted molar refractivity (Wildman–Crippen MR) is 58.3 cm³/mol. The normalized spacial score (nSPS) is 35.4. The molecule has 2 fully saturated rings. The Morgan fingerprint density at radius 1 is 1.07 bits per heavy atom. The van der Waals surface area contributed by atoms with Gasteiger partial charge in [-0.3, -0.25) is 4.90 Å². The van der Waals surface area contributed by atoms with Gasteiger partial charge in [0.05, 0.1) is 13.2 Å². The van der Waals surface area contributed by atoms with Crippen molar-refractivity contribution in [1.82, 2.24) is 4.90 Å². The quantitative estimate of drug-likeness (QED) is 0.625. The van der Waals surface area contributed by atoms with E-state index in [1.807, 2.05) is 0 Å². The van der Waals surface area contributed by atoms with E-state index in [0.29, 0.717) is 0 Å². The van der Waals surface area contributed by atoms with Crippen LogP contribution >= 0.6 is 0 Å². The Kier molecular flexibility index (Phi) is 3.60. The summed E-state index contributed by atoms with van der Waals surface area (Å²) in [6, 6.07) is 0.829. The van der Waals surface area contributed by atoms with Crippen molar-refractivity contribution >= 4 is 0 Å². The molecule has 14 heavy (non-hydrogen) atoms. The molecule has 0 atom stereocenters. The first-order valence-electron chi connectivity index (χ1n) is 5.84. The molecule has 0 amide bonds. The summed E-state index contributed by atoms with van der Waals surface area (Å²) >= 11 is 0. The Balaban J connectivity index is 1.78. The van der Waals surface area contributed by atoms with Crippen LogP contribution in [0.3, 0.4) is 0 Å². The number of hydrogen-bond acceptors (Lipinski definition) is 2. The maximum Gasteiger partial charge on any atom is 0.0594 e. The molecular formula is C12H21NO. The van der Waals surface area contributed by atoms with Crippen molar-refractivity contribution < 1.29 is 4.74 Å². The fourth-order valence-corrected chi connectivity index (χ4v) is 2.65. The van der Waals surface area contributed by atoms with Crippen LogP contribution in [-0.2, 0) is 4.74 Å². The van der Waals surface area contributed by atoms with E-state index < -0.39 is 0 Å². The van der Waals surface area contributed by atoms with Crippen LogP contribution in [0.2, 0.25) is 0 Å². The third kappa shape index (κ3) is 2.37. The summed E-state index contributed by atoms with van der Waals surface area (Å²) in [6.45, 7) is 8.04. The summed E-state index contributed by atoms with van der Waals surface area (Å²) in [5, 5.41) is 0. The van der Waals surface area contributed by atoms with Gasteiger partial charge in [0.25, 0.3) is 0 Å². The standard InChI is InChI=1S/C12H21NO/c1-2-11-3-5-12(6-4-11)13-7-9-14-10-8-13/h2,11-12H,1,3-10H2. The lowest BCUT2D eigenvalue weighted by atomic mass is 9.85. The van der Waals surface area contributed by atoms with E-state index in [0.717, 1.165) is 38.3 Å². The highest BCUT2D eigenvalue weighted by molar-refractivity contribution is 4.87. The van der Waals surface area contributed by atoms with E-state index in [2.05, 4.69) is 17.6 Å². The molecule has 0 aromatic carbocycles. The summed E-state index contributed by atoms with van der Waals surface area (Å²) in [5.41, 5.74) is 0. The minimum atomic E-state index is 0.785. The summed E-state index contributed by atoms with van der Waals surface area (Å²) in [7, 11) is 0. The van der Waals surface area contributed by atoms with E-state index >= 15 is 0 Å². The van der Waals surface area contributed by atoms with Gasteiger partial charge in [0.1, 0.15) is 0 Å². The number of rotatable bonds is 2.